The highest BCUT2D eigenvalue weighted by atomic mass is 16.5. The first-order valence-corrected chi connectivity index (χ1v) is 11.6. The van der Waals surface area contributed by atoms with Gasteiger partial charge in [0, 0.05) is 43.9 Å². The van der Waals surface area contributed by atoms with Crippen LogP contribution in [0.4, 0.5) is 17.1 Å². The molecule has 0 aliphatic carbocycles. The number of nitrogens with zero attached hydrogens (tertiary/aromatic N) is 3. The fourth-order valence-electron chi connectivity index (χ4n) is 4.84. The maximum absolute atomic E-state index is 13.2. The molecule has 2 aromatic heterocycles. The van der Waals surface area contributed by atoms with Crippen LogP contribution in [0.25, 0.3) is 10.9 Å². The number of hydrogen-bond acceptors (Lipinski definition) is 7. The summed E-state index contributed by atoms with van der Waals surface area (Å²) in [6.07, 6.45) is 7.41. The molecule has 2 aliphatic rings. The highest BCUT2D eigenvalue weighted by Gasteiger charge is 2.22. The van der Waals surface area contributed by atoms with Crippen molar-refractivity contribution in [1.82, 2.24) is 9.97 Å². The van der Waals surface area contributed by atoms with E-state index in [1.54, 1.807) is 12.4 Å². The van der Waals surface area contributed by atoms with Crippen LogP contribution in [0.1, 0.15) is 47.7 Å². The molecule has 1 unspecified atom stereocenters. The molecule has 2 fully saturated rings. The minimum absolute atomic E-state index is 0.123. The van der Waals surface area contributed by atoms with E-state index in [-0.39, 0.29) is 17.6 Å². The van der Waals surface area contributed by atoms with Crippen molar-refractivity contribution in [3.05, 3.63) is 54.0 Å². The van der Waals surface area contributed by atoms with E-state index in [1.165, 1.54) is 5.56 Å². The number of piperidine rings is 1. The number of carbonyl (C=O) groups excluding carboxylic acids is 1. The van der Waals surface area contributed by atoms with Crippen molar-refractivity contribution < 1.29 is 9.53 Å². The smallest absolute Gasteiger partial charge is 0.276 e. The van der Waals surface area contributed by atoms with E-state index in [9.17, 15) is 4.79 Å². The summed E-state index contributed by atoms with van der Waals surface area (Å²) in [6, 6.07) is 10.1. The number of amides is 1. The lowest BCUT2D eigenvalue weighted by molar-refractivity contribution is 0.0853. The van der Waals surface area contributed by atoms with E-state index in [2.05, 4.69) is 32.3 Å². The molecule has 5 rings (SSSR count). The van der Waals surface area contributed by atoms with Gasteiger partial charge in [-0.3, -0.25) is 9.78 Å². The van der Waals surface area contributed by atoms with Gasteiger partial charge in [-0.25, -0.2) is 4.98 Å². The van der Waals surface area contributed by atoms with Crippen molar-refractivity contribution in [2.24, 2.45) is 5.73 Å². The zero-order valence-corrected chi connectivity index (χ0v) is 18.7. The molecule has 0 spiro atoms. The Bertz CT molecular complexity index is 1160. The van der Waals surface area contributed by atoms with Gasteiger partial charge in [-0.15, -0.1) is 0 Å². The van der Waals surface area contributed by atoms with Crippen molar-refractivity contribution in [2.45, 2.75) is 37.6 Å². The molecule has 0 radical (unpaired) electrons. The lowest BCUT2D eigenvalue weighted by Crippen LogP contribution is -2.43. The summed E-state index contributed by atoms with van der Waals surface area (Å²) in [5.74, 6) is 0.107. The first-order chi connectivity index (χ1) is 16.1. The van der Waals surface area contributed by atoms with Gasteiger partial charge in [0.1, 0.15) is 0 Å². The van der Waals surface area contributed by atoms with E-state index in [0.29, 0.717) is 17.3 Å². The van der Waals surface area contributed by atoms with Crippen molar-refractivity contribution in [2.75, 3.05) is 42.3 Å². The molecule has 2 aliphatic heterocycles. The Labute approximate surface area is 193 Å². The minimum atomic E-state index is -0.346. The maximum Gasteiger partial charge on any atom is 0.276 e. The molecule has 5 N–H and O–H groups in total. The lowest BCUT2D eigenvalue weighted by Gasteiger charge is -2.33. The Kier molecular flexibility index (Phi) is 6.11. The van der Waals surface area contributed by atoms with Crippen LogP contribution in [0, 0.1) is 0 Å². The summed E-state index contributed by atoms with van der Waals surface area (Å²) in [4.78, 5) is 24.3. The largest absolute Gasteiger partial charge is 0.397 e. The van der Waals surface area contributed by atoms with E-state index in [0.717, 1.165) is 68.6 Å². The van der Waals surface area contributed by atoms with Crippen molar-refractivity contribution in [3.8, 4) is 0 Å². The number of hydrogen-bond donors (Lipinski definition) is 3. The number of carbonyl (C=O) groups is 1. The lowest BCUT2D eigenvalue weighted by atomic mass is 9.91. The maximum atomic E-state index is 13.2. The summed E-state index contributed by atoms with van der Waals surface area (Å²) in [5, 5.41) is 3.90. The summed E-state index contributed by atoms with van der Waals surface area (Å²) in [5.41, 5.74) is 16.5. The Balaban J connectivity index is 1.42. The topological polar surface area (TPSA) is 119 Å². The van der Waals surface area contributed by atoms with Crippen molar-refractivity contribution >= 4 is 33.9 Å². The number of nitrogen functional groups attached to an aromatic ring is 1. The predicted octanol–water partition coefficient (Wildman–Crippen LogP) is 3.29. The molecule has 0 saturated carbocycles. The van der Waals surface area contributed by atoms with Gasteiger partial charge >= 0.3 is 0 Å². The Morgan fingerprint density at radius 2 is 2.00 bits per heavy atom. The summed E-state index contributed by atoms with van der Waals surface area (Å²) in [7, 11) is 0. The third-order valence-corrected chi connectivity index (χ3v) is 6.62. The van der Waals surface area contributed by atoms with Gasteiger partial charge < -0.3 is 26.4 Å². The normalized spacial score (nSPS) is 19.5. The summed E-state index contributed by atoms with van der Waals surface area (Å²) in [6.45, 7) is 3.20. The monoisotopic (exact) mass is 446 g/mol. The zero-order valence-electron chi connectivity index (χ0n) is 18.7. The molecule has 1 atom stereocenters. The van der Waals surface area contributed by atoms with Crippen LogP contribution in [0.3, 0.4) is 0 Å². The van der Waals surface area contributed by atoms with Gasteiger partial charge in [0.25, 0.3) is 5.91 Å². The second-order valence-corrected chi connectivity index (χ2v) is 8.96. The Hall–Kier alpha value is -3.23. The van der Waals surface area contributed by atoms with Gasteiger partial charge in [0.05, 0.1) is 28.8 Å². The molecule has 0 bridgehead atoms. The van der Waals surface area contributed by atoms with E-state index in [1.807, 2.05) is 18.2 Å². The summed E-state index contributed by atoms with van der Waals surface area (Å²) < 4.78 is 5.49. The van der Waals surface area contributed by atoms with E-state index in [4.69, 9.17) is 16.2 Å². The number of ether oxygens (including phenoxy) is 1. The molecule has 8 nitrogen and oxygen atoms in total. The zero-order chi connectivity index (χ0) is 22.8. The summed E-state index contributed by atoms with van der Waals surface area (Å²) >= 11 is 0. The molecule has 2 saturated heterocycles. The standard InChI is InChI=1S/C25H30N6O2/c26-19-2-1-9-31(15-19)23-5-8-28-14-22(23)30-25(32)24-20(27)12-18-4-3-17(13-21(18)29-24)16-6-10-33-11-7-16/h3-5,8,12-14,16,19H,1-2,6-7,9-11,15,26-27H2,(H,30,32). The average Bonchev–Trinajstić information content (AvgIpc) is 2.84. The number of rotatable bonds is 4. The fourth-order valence-corrected chi connectivity index (χ4v) is 4.84. The second kappa shape index (κ2) is 9.33. The van der Waals surface area contributed by atoms with Crippen LogP contribution < -0.4 is 21.7 Å². The average molecular weight is 447 g/mol. The minimum Gasteiger partial charge on any atom is -0.397 e. The van der Waals surface area contributed by atoms with E-state index >= 15 is 0 Å². The highest BCUT2D eigenvalue weighted by molar-refractivity contribution is 6.09. The first kappa shape index (κ1) is 21.6. The number of aromatic nitrogens is 2. The number of fused-ring (bicyclic) bond motifs is 1. The van der Waals surface area contributed by atoms with Gasteiger partial charge in [-0.05, 0) is 55.4 Å². The second-order valence-electron chi connectivity index (χ2n) is 8.96. The highest BCUT2D eigenvalue weighted by Crippen LogP contribution is 2.31. The van der Waals surface area contributed by atoms with Crippen LogP contribution in [-0.4, -0.2) is 48.2 Å². The molecule has 4 heterocycles. The van der Waals surface area contributed by atoms with Crippen molar-refractivity contribution in [3.63, 3.8) is 0 Å². The van der Waals surface area contributed by atoms with Crippen LogP contribution in [0.2, 0.25) is 0 Å². The molecular formula is C25H30N6O2. The quantitative estimate of drug-likeness (QED) is 0.562. The molecule has 3 aromatic rings. The number of pyridine rings is 2. The molecule has 1 amide bonds. The van der Waals surface area contributed by atoms with Crippen LogP contribution in [0.15, 0.2) is 42.7 Å². The van der Waals surface area contributed by atoms with E-state index < -0.39 is 0 Å². The van der Waals surface area contributed by atoms with Gasteiger partial charge in [-0.2, -0.15) is 0 Å². The number of anilines is 3. The number of nitrogens with one attached hydrogen (secondary N) is 1. The van der Waals surface area contributed by atoms with Gasteiger partial charge in [-0.1, -0.05) is 12.1 Å². The Morgan fingerprint density at radius 1 is 1.15 bits per heavy atom. The Morgan fingerprint density at radius 3 is 2.82 bits per heavy atom. The molecule has 172 valence electrons. The fraction of sp³-hybridized carbons (Fsp3) is 0.400. The van der Waals surface area contributed by atoms with Crippen LogP contribution >= 0.6 is 0 Å². The van der Waals surface area contributed by atoms with Gasteiger partial charge in [0.15, 0.2) is 5.69 Å². The van der Waals surface area contributed by atoms with Crippen LogP contribution in [0.5, 0.6) is 0 Å². The predicted molar refractivity (Wildman–Crippen MR) is 131 cm³/mol. The molecular weight excluding hydrogens is 416 g/mol. The molecule has 1 aromatic carbocycles. The number of benzene rings is 1. The number of nitrogens with two attached hydrogens (primary N) is 2. The third kappa shape index (κ3) is 4.62. The van der Waals surface area contributed by atoms with Gasteiger partial charge in [0.2, 0.25) is 0 Å². The van der Waals surface area contributed by atoms with Crippen molar-refractivity contribution in [1.29, 1.82) is 0 Å². The molecule has 8 heteroatoms. The van der Waals surface area contributed by atoms with Crippen LogP contribution in [-0.2, 0) is 4.74 Å². The molecule has 33 heavy (non-hydrogen) atoms. The SMILES string of the molecule is Nc1cc2ccc(C3CCOCC3)cc2nc1C(=O)Nc1cnccc1N1CCCC(N)C1. The first-order valence-electron chi connectivity index (χ1n) is 11.6. The third-order valence-electron chi connectivity index (χ3n) is 6.62.